The third-order valence-electron chi connectivity index (χ3n) is 4.86. The topological polar surface area (TPSA) is 73.7 Å². The fourth-order valence-corrected chi connectivity index (χ4v) is 3.09. The molecular weight excluding hydrogens is 346 g/mol. The summed E-state index contributed by atoms with van der Waals surface area (Å²) in [6.07, 6.45) is 1.97. The number of nitrogens with zero attached hydrogens (tertiary/aromatic N) is 3. The first-order chi connectivity index (χ1) is 12.9. The van der Waals surface area contributed by atoms with Gasteiger partial charge in [-0.15, -0.1) is 0 Å². The van der Waals surface area contributed by atoms with E-state index in [0.29, 0.717) is 17.8 Å². The average Bonchev–Trinajstić information content (AvgIpc) is 3.45. The van der Waals surface area contributed by atoms with Crippen LogP contribution in [0.25, 0.3) is 0 Å². The molecule has 1 fully saturated rings. The van der Waals surface area contributed by atoms with Crippen molar-refractivity contribution in [2.45, 2.75) is 39.3 Å². The molecule has 0 spiro atoms. The zero-order chi connectivity index (χ0) is 19.6. The van der Waals surface area contributed by atoms with Crippen molar-refractivity contribution < 1.29 is 19.1 Å². The van der Waals surface area contributed by atoms with Gasteiger partial charge in [0, 0.05) is 25.3 Å². The number of carbonyl (C=O) groups excluding carboxylic acids is 2. The molecule has 7 heteroatoms. The minimum absolute atomic E-state index is 0.180. The van der Waals surface area contributed by atoms with Crippen molar-refractivity contribution >= 4 is 11.9 Å². The summed E-state index contributed by atoms with van der Waals surface area (Å²) in [4.78, 5) is 26.8. The number of aromatic nitrogens is 2. The van der Waals surface area contributed by atoms with Crippen LogP contribution in [0.3, 0.4) is 0 Å². The standard InChI is InChI=1S/C20H25N3O4/c1-13-19(14(2)22(3)21-13)20(25)27-12-18(24)23(16-7-8-16)11-15-5-9-17(26-4)10-6-15/h5-6,9-10,16H,7-8,11-12H2,1-4H3. The number of esters is 1. The van der Waals surface area contributed by atoms with Crippen molar-refractivity contribution in [1.29, 1.82) is 0 Å². The number of rotatable bonds is 7. The van der Waals surface area contributed by atoms with Gasteiger partial charge in [0.05, 0.1) is 12.8 Å². The van der Waals surface area contributed by atoms with Gasteiger partial charge in [0.25, 0.3) is 5.91 Å². The van der Waals surface area contributed by atoms with E-state index in [4.69, 9.17) is 9.47 Å². The van der Waals surface area contributed by atoms with Gasteiger partial charge in [0.1, 0.15) is 11.3 Å². The Morgan fingerprint density at radius 3 is 2.41 bits per heavy atom. The second kappa shape index (κ2) is 7.82. The Morgan fingerprint density at radius 1 is 1.22 bits per heavy atom. The maximum absolute atomic E-state index is 12.7. The van der Waals surface area contributed by atoms with Crippen LogP contribution in [0.5, 0.6) is 5.75 Å². The lowest BCUT2D eigenvalue weighted by Gasteiger charge is -2.22. The second-order valence-corrected chi connectivity index (χ2v) is 6.85. The van der Waals surface area contributed by atoms with E-state index in [-0.39, 0.29) is 18.6 Å². The van der Waals surface area contributed by atoms with Crippen molar-refractivity contribution in [1.82, 2.24) is 14.7 Å². The van der Waals surface area contributed by atoms with E-state index in [9.17, 15) is 9.59 Å². The first kappa shape index (κ1) is 18.9. The first-order valence-corrected chi connectivity index (χ1v) is 9.00. The summed E-state index contributed by atoms with van der Waals surface area (Å²) in [5.41, 5.74) is 2.77. The number of hydrogen-bond donors (Lipinski definition) is 0. The summed E-state index contributed by atoms with van der Waals surface area (Å²) in [6.45, 7) is 3.79. The van der Waals surface area contributed by atoms with Gasteiger partial charge in [-0.05, 0) is 44.4 Å². The number of carbonyl (C=O) groups is 2. The molecule has 27 heavy (non-hydrogen) atoms. The summed E-state index contributed by atoms with van der Waals surface area (Å²) < 4.78 is 12.1. The second-order valence-electron chi connectivity index (χ2n) is 6.85. The molecule has 0 atom stereocenters. The highest BCUT2D eigenvalue weighted by atomic mass is 16.5. The molecule has 7 nitrogen and oxygen atoms in total. The van der Waals surface area contributed by atoms with Crippen LogP contribution in [-0.4, -0.2) is 46.3 Å². The summed E-state index contributed by atoms with van der Waals surface area (Å²) >= 11 is 0. The SMILES string of the molecule is COc1ccc(CN(C(=O)COC(=O)c2c(C)nn(C)c2C)C2CC2)cc1. The Bertz CT molecular complexity index is 838. The maximum Gasteiger partial charge on any atom is 0.342 e. The van der Waals surface area contributed by atoms with Crippen molar-refractivity contribution in [3.63, 3.8) is 0 Å². The zero-order valence-corrected chi connectivity index (χ0v) is 16.2. The quantitative estimate of drug-likeness (QED) is 0.699. The van der Waals surface area contributed by atoms with Crippen molar-refractivity contribution in [2.75, 3.05) is 13.7 Å². The van der Waals surface area contributed by atoms with Gasteiger partial charge < -0.3 is 14.4 Å². The Morgan fingerprint density at radius 2 is 1.89 bits per heavy atom. The van der Waals surface area contributed by atoms with Crippen molar-refractivity contribution in [3.8, 4) is 5.75 Å². The highest BCUT2D eigenvalue weighted by Crippen LogP contribution is 2.29. The van der Waals surface area contributed by atoms with Gasteiger partial charge in [-0.25, -0.2) is 4.79 Å². The van der Waals surface area contributed by atoms with E-state index in [1.165, 1.54) is 0 Å². The minimum atomic E-state index is -0.508. The summed E-state index contributed by atoms with van der Waals surface area (Å²) in [5.74, 6) is 0.0895. The fraction of sp³-hybridized carbons (Fsp3) is 0.450. The highest BCUT2D eigenvalue weighted by molar-refractivity contribution is 5.93. The van der Waals surface area contributed by atoms with Crippen LogP contribution in [0.4, 0.5) is 0 Å². The molecule has 1 aliphatic carbocycles. The van der Waals surface area contributed by atoms with Gasteiger partial charge in [-0.1, -0.05) is 12.1 Å². The van der Waals surface area contributed by atoms with E-state index in [2.05, 4.69) is 5.10 Å². The van der Waals surface area contributed by atoms with Crippen LogP contribution in [0, 0.1) is 13.8 Å². The van der Waals surface area contributed by atoms with Crippen molar-refractivity contribution in [3.05, 3.63) is 46.8 Å². The van der Waals surface area contributed by atoms with Crippen molar-refractivity contribution in [2.24, 2.45) is 7.05 Å². The normalized spacial score (nSPS) is 13.3. The molecule has 0 saturated heterocycles. The van der Waals surface area contributed by atoms with Gasteiger partial charge in [-0.2, -0.15) is 5.10 Å². The molecule has 3 rings (SSSR count). The molecule has 2 aromatic rings. The molecule has 1 aromatic carbocycles. The van der Waals surface area contributed by atoms with Gasteiger partial charge in [0.15, 0.2) is 6.61 Å². The Balaban J connectivity index is 1.62. The Kier molecular flexibility index (Phi) is 5.48. The smallest absolute Gasteiger partial charge is 0.342 e. The lowest BCUT2D eigenvalue weighted by atomic mass is 10.2. The van der Waals surface area contributed by atoms with Crippen LogP contribution in [0.2, 0.25) is 0 Å². The molecule has 0 bridgehead atoms. The lowest BCUT2D eigenvalue weighted by Crippen LogP contribution is -2.36. The fourth-order valence-electron chi connectivity index (χ4n) is 3.09. The molecule has 0 N–H and O–H groups in total. The summed E-state index contributed by atoms with van der Waals surface area (Å²) in [5, 5.41) is 4.21. The predicted molar refractivity (Wildman–Crippen MR) is 99.5 cm³/mol. The Hall–Kier alpha value is -2.83. The molecular formula is C20H25N3O4. The molecule has 1 saturated carbocycles. The van der Waals surface area contributed by atoms with Gasteiger partial charge in [0.2, 0.25) is 0 Å². The molecule has 1 aliphatic rings. The van der Waals surface area contributed by atoms with Crippen LogP contribution in [0.1, 0.15) is 40.2 Å². The first-order valence-electron chi connectivity index (χ1n) is 9.00. The van der Waals surface area contributed by atoms with E-state index in [1.54, 1.807) is 37.6 Å². The molecule has 1 heterocycles. The molecule has 144 valence electrons. The minimum Gasteiger partial charge on any atom is -0.497 e. The molecule has 0 aliphatic heterocycles. The number of methoxy groups -OCH3 is 1. The molecule has 1 amide bonds. The number of ether oxygens (including phenoxy) is 2. The summed E-state index contributed by atoms with van der Waals surface area (Å²) in [7, 11) is 3.39. The zero-order valence-electron chi connectivity index (χ0n) is 16.2. The molecule has 1 aromatic heterocycles. The third-order valence-corrected chi connectivity index (χ3v) is 4.86. The van der Waals surface area contributed by atoms with Gasteiger partial charge >= 0.3 is 5.97 Å². The van der Waals surface area contributed by atoms with Crippen LogP contribution >= 0.6 is 0 Å². The maximum atomic E-state index is 12.7. The Labute approximate surface area is 158 Å². The van der Waals surface area contributed by atoms with E-state index >= 15 is 0 Å². The number of hydrogen-bond acceptors (Lipinski definition) is 5. The largest absolute Gasteiger partial charge is 0.497 e. The summed E-state index contributed by atoms with van der Waals surface area (Å²) in [6, 6.07) is 7.85. The predicted octanol–water partition coefficient (Wildman–Crippen LogP) is 2.39. The number of benzene rings is 1. The average molecular weight is 371 g/mol. The highest BCUT2D eigenvalue weighted by Gasteiger charge is 2.33. The van der Waals surface area contributed by atoms with Crippen LogP contribution in [0.15, 0.2) is 24.3 Å². The van der Waals surface area contributed by atoms with E-state index in [0.717, 1.165) is 29.8 Å². The van der Waals surface area contributed by atoms with Crippen LogP contribution < -0.4 is 4.74 Å². The van der Waals surface area contributed by atoms with Gasteiger partial charge in [-0.3, -0.25) is 9.48 Å². The number of amides is 1. The van der Waals surface area contributed by atoms with Crippen LogP contribution in [-0.2, 0) is 23.1 Å². The monoisotopic (exact) mass is 371 g/mol. The lowest BCUT2D eigenvalue weighted by molar-refractivity contribution is -0.135. The van der Waals surface area contributed by atoms with E-state index in [1.807, 2.05) is 24.3 Å². The third kappa shape index (κ3) is 4.30. The molecule has 0 unspecified atom stereocenters. The number of aryl methyl sites for hydroxylation is 2. The molecule has 0 radical (unpaired) electrons. The van der Waals surface area contributed by atoms with E-state index < -0.39 is 5.97 Å².